The zero-order valence-electron chi connectivity index (χ0n) is 20.0. The number of allylic oxidation sites excluding steroid dienone is 3. The number of likely N-dealkylation sites (tertiary alicyclic amines) is 1. The summed E-state index contributed by atoms with van der Waals surface area (Å²) in [5.74, 6) is 0. The van der Waals surface area contributed by atoms with Gasteiger partial charge in [0, 0.05) is 53.7 Å². The second-order valence-electron chi connectivity index (χ2n) is 9.25. The highest BCUT2D eigenvalue weighted by molar-refractivity contribution is 6.31. The van der Waals surface area contributed by atoms with Gasteiger partial charge < -0.3 is 10.2 Å². The standard InChI is InChI=1S/C29H33ClN4/c1-2-21-6-3-7-23-8-4-14-33-29(23)28(21)22-12-18-34(19-13-22)17-5-15-31-26-11-16-32-27-20-24(30)9-10-25(26)27/h4,6,8-11,14,16,20H,2-3,5,7,12-13,15,17-19H2,1H3,(H,31,32). The first-order chi connectivity index (χ1) is 16.7. The van der Waals surface area contributed by atoms with Gasteiger partial charge in [0.05, 0.1) is 11.2 Å². The molecule has 176 valence electrons. The van der Waals surface area contributed by atoms with Gasteiger partial charge in [0.15, 0.2) is 0 Å². The number of hydrogen-bond acceptors (Lipinski definition) is 4. The molecule has 0 radical (unpaired) electrons. The average molecular weight is 473 g/mol. The van der Waals surface area contributed by atoms with Gasteiger partial charge >= 0.3 is 0 Å². The predicted molar refractivity (Wildman–Crippen MR) is 143 cm³/mol. The maximum atomic E-state index is 6.12. The molecule has 1 aromatic carbocycles. The van der Waals surface area contributed by atoms with Gasteiger partial charge in [-0.3, -0.25) is 9.97 Å². The highest BCUT2D eigenvalue weighted by Crippen LogP contribution is 2.37. The predicted octanol–water partition coefficient (Wildman–Crippen LogP) is 6.92. The SMILES string of the molecule is CCC1=CCCc2cccnc2C1=C1CCN(CCCNc2ccnc3cc(Cl)ccc23)CC1. The number of anilines is 1. The zero-order valence-corrected chi connectivity index (χ0v) is 20.7. The highest BCUT2D eigenvalue weighted by Gasteiger charge is 2.23. The van der Waals surface area contributed by atoms with Crippen LogP contribution in [0.4, 0.5) is 5.69 Å². The van der Waals surface area contributed by atoms with E-state index in [0.29, 0.717) is 0 Å². The minimum absolute atomic E-state index is 0.723. The average Bonchev–Trinajstić information content (AvgIpc) is 3.06. The molecule has 2 aliphatic rings. The van der Waals surface area contributed by atoms with Gasteiger partial charge in [0.2, 0.25) is 0 Å². The molecule has 34 heavy (non-hydrogen) atoms. The fourth-order valence-corrected chi connectivity index (χ4v) is 5.50. The second-order valence-corrected chi connectivity index (χ2v) is 9.69. The molecular weight excluding hydrogens is 440 g/mol. The molecule has 5 heteroatoms. The van der Waals surface area contributed by atoms with E-state index in [1.54, 1.807) is 5.57 Å². The maximum Gasteiger partial charge on any atom is 0.0737 e. The minimum Gasteiger partial charge on any atom is -0.384 e. The summed E-state index contributed by atoms with van der Waals surface area (Å²) in [4.78, 5) is 11.9. The molecule has 3 heterocycles. The van der Waals surface area contributed by atoms with Crippen molar-refractivity contribution >= 4 is 33.8 Å². The number of aryl methyl sites for hydroxylation is 1. The Kier molecular flexibility index (Phi) is 7.27. The number of pyridine rings is 2. The quantitative estimate of drug-likeness (QED) is 0.395. The van der Waals surface area contributed by atoms with Crippen molar-refractivity contribution in [3.05, 3.63) is 82.3 Å². The molecule has 0 spiro atoms. The monoisotopic (exact) mass is 472 g/mol. The summed E-state index contributed by atoms with van der Waals surface area (Å²) in [6.45, 7) is 6.62. The summed E-state index contributed by atoms with van der Waals surface area (Å²) in [7, 11) is 0. The topological polar surface area (TPSA) is 41.1 Å². The maximum absolute atomic E-state index is 6.12. The molecule has 2 aromatic heterocycles. The molecule has 5 rings (SSSR count). The van der Waals surface area contributed by atoms with E-state index < -0.39 is 0 Å². The molecule has 0 bridgehead atoms. The van der Waals surface area contributed by atoms with Crippen molar-refractivity contribution in [2.24, 2.45) is 0 Å². The first kappa shape index (κ1) is 23.1. The van der Waals surface area contributed by atoms with Gasteiger partial charge in [-0.2, -0.15) is 0 Å². The molecule has 0 unspecified atom stereocenters. The summed E-state index contributed by atoms with van der Waals surface area (Å²) in [5.41, 5.74) is 9.27. The Hall–Kier alpha value is -2.69. The Morgan fingerprint density at radius 3 is 2.76 bits per heavy atom. The lowest BCUT2D eigenvalue weighted by Crippen LogP contribution is -2.32. The van der Waals surface area contributed by atoms with Crippen molar-refractivity contribution < 1.29 is 0 Å². The Morgan fingerprint density at radius 2 is 1.91 bits per heavy atom. The number of halogens is 1. The van der Waals surface area contributed by atoms with Crippen molar-refractivity contribution in [2.75, 3.05) is 31.5 Å². The van der Waals surface area contributed by atoms with E-state index in [1.165, 1.54) is 22.4 Å². The Labute approximate surface area is 207 Å². The van der Waals surface area contributed by atoms with Crippen LogP contribution in [0.1, 0.15) is 50.3 Å². The van der Waals surface area contributed by atoms with Crippen LogP contribution in [0.15, 0.2) is 66.0 Å². The van der Waals surface area contributed by atoms with Gasteiger partial charge in [0.1, 0.15) is 0 Å². The number of rotatable bonds is 6. The lowest BCUT2D eigenvalue weighted by atomic mass is 9.88. The van der Waals surface area contributed by atoms with Crippen LogP contribution in [0.3, 0.4) is 0 Å². The highest BCUT2D eigenvalue weighted by atomic mass is 35.5. The van der Waals surface area contributed by atoms with Gasteiger partial charge in [-0.05, 0) is 86.5 Å². The zero-order chi connectivity index (χ0) is 23.3. The summed E-state index contributed by atoms with van der Waals surface area (Å²) in [6, 6.07) is 12.3. The van der Waals surface area contributed by atoms with Gasteiger partial charge in [-0.15, -0.1) is 0 Å². The van der Waals surface area contributed by atoms with E-state index in [9.17, 15) is 0 Å². The molecule has 1 saturated heterocycles. The molecule has 1 N–H and O–H groups in total. The lowest BCUT2D eigenvalue weighted by molar-refractivity contribution is 0.256. The van der Waals surface area contributed by atoms with E-state index in [0.717, 1.165) is 86.3 Å². The van der Waals surface area contributed by atoms with Crippen molar-refractivity contribution in [1.82, 2.24) is 14.9 Å². The number of benzene rings is 1. The minimum atomic E-state index is 0.723. The Balaban J connectivity index is 1.19. The molecule has 0 amide bonds. The molecule has 1 aliphatic carbocycles. The molecule has 3 aromatic rings. The molecule has 1 aliphatic heterocycles. The number of hydrogen-bond donors (Lipinski definition) is 1. The van der Waals surface area contributed by atoms with Gasteiger partial charge in [-0.25, -0.2) is 0 Å². The van der Waals surface area contributed by atoms with E-state index >= 15 is 0 Å². The molecule has 4 nitrogen and oxygen atoms in total. The van der Waals surface area contributed by atoms with E-state index in [1.807, 2.05) is 36.7 Å². The van der Waals surface area contributed by atoms with E-state index in [4.69, 9.17) is 16.6 Å². The third kappa shape index (κ3) is 5.03. The number of nitrogens with one attached hydrogen (secondary N) is 1. The first-order valence-corrected chi connectivity index (χ1v) is 13.0. The largest absolute Gasteiger partial charge is 0.384 e. The van der Waals surface area contributed by atoms with Crippen molar-refractivity contribution in [3.63, 3.8) is 0 Å². The first-order valence-electron chi connectivity index (χ1n) is 12.6. The van der Waals surface area contributed by atoms with Gasteiger partial charge in [-0.1, -0.05) is 36.2 Å². The lowest BCUT2D eigenvalue weighted by Gasteiger charge is -2.30. The molecule has 0 saturated carbocycles. The molecular formula is C29H33ClN4. The second kappa shape index (κ2) is 10.7. The van der Waals surface area contributed by atoms with Crippen molar-refractivity contribution in [1.29, 1.82) is 0 Å². The Bertz CT molecular complexity index is 1220. The van der Waals surface area contributed by atoms with E-state index in [2.05, 4.69) is 40.3 Å². The summed E-state index contributed by atoms with van der Waals surface area (Å²) >= 11 is 6.12. The van der Waals surface area contributed by atoms with Crippen LogP contribution in [0.5, 0.6) is 0 Å². The van der Waals surface area contributed by atoms with Crippen LogP contribution in [-0.4, -0.2) is 41.0 Å². The summed E-state index contributed by atoms with van der Waals surface area (Å²) in [6.07, 6.45) is 13.0. The fourth-order valence-electron chi connectivity index (χ4n) is 5.33. The molecule has 0 atom stereocenters. The molecule has 1 fully saturated rings. The fraction of sp³-hybridized carbons (Fsp3) is 0.379. The Morgan fingerprint density at radius 1 is 1.03 bits per heavy atom. The number of nitrogens with zero attached hydrogens (tertiary/aromatic N) is 3. The third-order valence-corrected chi connectivity index (χ3v) is 7.35. The van der Waals surface area contributed by atoms with Crippen LogP contribution in [0.25, 0.3) is 16.5 Å². The van der Waals surface area contributed by atoms with Gasteiger partial charge in [0.25, 0.3) is 0 Å². The van der Waals surface area contributed by atoms with Crippen LogP contribution in [-0.2, 0) is 6.42 Å². The van der Waals surface area contributed by atoms with Crippen molar-refractivity contribution in [3.8, 4) is 0 Å². The van der Waals surface area contributed by atoms with Crippen LogP contribution >= 0.6 is 11.6 Å². The number of fused-ring (bicyclic) bond motifs is 2. The number of aromatic nitrogens is 2. The van der Waals surface area contributed by atoms with Crippen LogP contribution in [0, 0.1) is 0 Å². The van der Waals surface area contributed by atoms with Crippen LogP contribution < -0.4 is 5.32 Å². The van der Waals surface area contributed by atoms with Crippen LogP contribution in [0.2, 0.25) is 5.02 Å². The third-order valence-electron chi connectivity index (χ3n) is 7.12. The smallest absolute Gasteiger partial charge is 0.0737 e. The van der Waals surface area contributed by atoms with E-state index in [-0.39, 0.29) is 0 Å². The normalized spacial score (nSPS) is 16.8. The summed E-state index contributed by atoms with van der Waals surface area (Å²) < 4.78 is 0. The number of piperidine rings is 1. The summed E-state index contributed by atoms with van der Waals surface area (Å²) in [5, 5.41) is 5.45. The van der Waals surface area contributed by atoms with Crippen molar-refractivity contribution in [2.45, 2.75) is 45.4 Å².